The van der Waals surface area contributed by atoms with E-state index >= 15 is 0 Å². The highest BCUT2D eigenvalue weighted by Gasteiger charge is 2.33. The van der Waals surface area contributed by atoms with Crippen molar-refractivity contribution in [2.45, 2.75) is 44.0 Å². The number of hydrogen-bond donors (Lipinski definition) is 1. The Morgan fingerprint density at radius 2 is 1.78 bits per heavy atom. The number of aryl methyl sites for hydroxylation is 2. The normalized spacial score (nSPS) is 16.9. The third-order valence-electron chi connectivity index (χ3n) is 3.84. The number of benzene rings is 1. The van der Waals surface area contributed by atoms with E-state index < -0.39 is 10.0 Å². The molecule has 1 aromatic carbocycles. The lowest BCUT2D eigenvalue weighted by Gasteiger charge is -2.34. The minimum absolute atomic E-state index is 0.134. The van der Waals surface area contributed by atoms with Gasteiger partial charge in [-0.05, 0) is 37.8 Å². The van der Waals surface area contributed by atoms with Gasteiger partial charge in [0.15, 0.2) is 0 Å². The van der Waals surface area contributed by atoms with Crippen molar-refractivity contribution in [3.63, 3.8) is 0 Å². The molecule has 0 saturated heterocycles. The molecule has 1 aliphatic rings. The number of rotatable bonds is 3. The molecule has 2 rings (SSSR count). The van der Waals surface area contributed by atoms with Gasteiger partial charge in [0.2, 0.25) is 10.0 Å². The van der Waals surface area contributed by atoms with E-state index in [1.807, 2.05) is 19.1 Å². The first-order valence-electron chi connectivity index (χ1n) is 6.19. The molecule has 0 atom stereocenters. The van der Waals surface area contributed by atoms with E-state index in [2.05, 4.69) is 0 Å². The second kappa shape index (κ2) is 4.55. The minimum atomic E-state index is -3.47. The van der Waals surface area contributed by atoms with Crippen LogP contribution in [0.25, 0.3) is 0 Å². The van der Waals surface area contributed by atoms with Crippen LogP contribution in [0.15, 0.2) is 17.0 Å². The zero-order valence-corrected chi connectivity index (χ0v) is 11.9. The van der Waals surface area contributed by atoms with Gasteiger partial charge in [0, 0.05) is 13.1 Å². The molecule has 0 aromatic heterocycles. The minimum Gasteiger partial charge on any atom is -0.397 e. The van der Waals surface area contributed by atoms with Crippen molar-refractivity contribution in [3.8, 4) is 0 Å². The average Bonchev–Trinajstić information content (AvgIpc) is 2.21. The smallest absolute Gasteiger partial charge is 0.245 e. The van der Waals surface area contributed by atoms with E-state index in [1.165, 1.54) is 4.31 Å². The molecule has 5 heteroatoms. The second-order valence-electron chi connectivity index (χ2n) is 5.05. The molecule has 100 valence electrons. The summed E-state index contributed by atoms with van der Waals surface area (Å²) in [5.41, 5.74) is 7.86. The lowest BCUT2D eigenvalue weighted by Crippen LogP contribution is -2.41. The van der Waals surface area contributed by atoms with E-state index in [9.17, 15) is 8.42 Å². The molecular weight excluding hydrogens is 248 g/mol. The van der Waals surface area contributed by atoms with Crippen molar-refractivity contribution in [2.24, 2.45) is 0 Å². The molecular formula is C13H20N2O2S. The molecule has 0 bridgehead atoms. The van der Waals surface area contributed by atoms with Crippen LogP contribution in [-0.4, -0.2) is 25.8 Å². The van der Waals surface area contributed by atoms with Crippen LogP contribution in [0.2, 0.25) is 0 Å². The van der Waals surface area contributed by atoms with Crippen molar-refractivity contribution in [1.82, 2.24) is 4.31 Å². The molecule has 0 spiro atoms. The van der Waals surface area contributed by atoms with Crippen molar-refractivity contribution in [3.05, 3.63) is 23.3 Å². The summed E-state index contributed by atoms with van der Waals surface area (Å²) in [5, 5.41) is 0. The second-order valence-corrected chi connectivity index (χ2v) is 6.98. The van der Waals surface area contributed by atoms with Gasteiger partial charge in [-0.2, -0.15) is 4.31 Å². The Morgan fingerprint density at radius 3 is 2.28 bits per heavy atom. The SMILES string of the molecule is Cc1ccc(C)c(S(=O)(=O)N(C)C2CCC2)c1N. The molecule has 1 aliphatic carbocycles. The summed E-state index contributed by atoms with van der Waals surface area (Å²) in [6.45, 7) is 3.62. The number of sulfonamides is 1. The number of nitrogen functional groups attached to an aromatic ring is 1. The largest absolute Gasteiger partial charge is 0.397 e. The zero-order chi connectivity index (χ0) is 13.5. The van der Waals surface area contributed by atoms with Crippen LogP contribution in [0, 0.1) is 13.8 Å². The predicted molar refractivity (Wildman–Crippen MR) is 72.9 cm³/mol. The maximum atomic E-state index is 12.6. The molecule has 2 N–H and O–H groups in total. The Labute approximate surface area is 109 Å². The van der Waals surface area contributed by atoms with Gasteiger partial charge < -0.3 is 5.73 Å². The van der Waals surface area contributed by atoms with Gasteiger partial charge in [-0.25, -0.2) is 8.42 Å². The van der Waals surface area contributed by atoms with Gasteiger partial charge in [-0.1, -0.05) is 18.6 Å². The maximum absolute atomic E-state index is 12.6. The Balaban J connectivity index is 2.50. The van der Waals surface area contributed by atoms with Gasteiger partial charge in [-0.15, -0.1) is 0 Å². The fraction of sp³-hybridized carbons (Fsp3) is 0.538. The molecule has 1 fully saturated rings. The van der Waals surface area contributed by atoms with Gasteiger partial charge in [0.25, 0.3) is 0 Å². The van der Waals surface area contributed by atoms with Crippen LogP contribution < -0.4 is 5.73 Å². The first kappa shape index (κ1) is 13.4. The number of hydrogen-bond acceptors (Lipinski definition) is 3. The summed E-state index contributed by atoms with van der Waals surface area (Å²) in [7, 11) is -1.82. The maximum Gasteiger partial charge on any atom is 0.245 e. The monoisotopic (exact) mass is 268 g/mol. The topological polar surface area (TPSA) is 63.4 Å². The predicted octanol–water partition coefficient (Wildman–Crippen LogP) is 2.06. The van der Waals surface area contributed by atoms with Crippen LogP contribution >= 0.6 is 0 Å². The summed E-state index contributed by atoms with van der Waals surface area (Å²) >= 11 is 0. The molecule has 0 amide bonds. The third kappa shape index (κ3) is 2.01. The summed E-state index contributed by atoms with van der Waals surface area (Å²) in [4.78, 5) is 0.275. The highest BCUT2D eigenvalue weighted by Crippen LogP contribution is 2.33. The number of nitrogens with two attached hydrogens (primary N) is 1. The first-order valence-corrected chi connectivity index (χ1v) is 7.63. The Kier molecular flexibility index (Phi) is 3.38. The molecule has 0 radical (unpaired) electrons. The lowest BCUT2D eigenvalue weighted by molar-refractivity contribution is 0.249. The molecule has 0 unspecified atom stereocenters. The Hall–Kier alpha value is -1.07. The van der Waals surface area contributed by atoms with E-state index in [1.54, 1.807) is 14.0 Å². The molecule has 1 saturated carbocycles. The molecule has 0 aliphatic heterocycles. The van der Waals surface area contributed by atoms with Gasteiger partial charge in [0.1, 0.15) is 4.90 Å². The van der Waals surface area contributed by atoms with Crippen LogP contribution in [-0.2, 0) is 10.0 Å². The Bertz CT molecular complexity index is 563. The molecule has 1 aromatic rings. The van der Waals surface area contributed by atoms with E-state index in [0.717, 1.165) is 24.8 Å². The van der Waals surface area contributed by atoms with Gasteiger partial charge in [-0.3, -0.25) is 0 Å². The molecule has 4 nitrogen and oxygen atoms in total. The fourth-order valence-electron chi connectivity index (χ4n) is 2.24. The quantitative estimate of drug-likeness (QED) is 0.853. The van der Waals surface area contributed by atoms with Crippen LogP contribution in [0.4, 0.5) is 5.69 Å². The first-order chi connectivity index (χ1) is 8.35. The van der Waals surface area contributed by atoms with Crippen molar-refractivity contribution >= 4 is 15.7 Å². The average molecular weight is 268 g/mol. The van der Waals surface area contributed by atoms with Crippen LogP contribution in [0.1, 0.15) is 30.4 Å². The van der Waals surface area contributed by atoms with E-state index in [4.69, 9.17) is 5.73 Å². The zero-order valence-electron chi connectivity index (χ0n) is 11.1. The van der Waals surface area contributed by atoms with Gasteiger partial charge >= 0.3 is 0 Å². The van der Waals surface area contributed by atoms with Crippen LogP contribution in [0.3, 0.4) is 0 Å². The summed E-state index contributed by atoms with van der Waals surface area (Å²) < 4.78 is 26.7. The fourth-order valence-corrected chi connectivity index (χ4v) is 4.05. The van der Waals surface area contributed by atoms with Crippen molar-refractivity contribution < 1.29 is 8.42 Å². The van der Waals surface area contributed by atoms with E-state index in [-0.39, 0.29) is 10.9 Å². The summed E-state index contributed by atoms with van der Waals surface area (Å²) in [6.07, 6.45) is 2.99. The standard InChI is InChI=1S/C13H20N2O2S/c1-9-7-8-10(2)13(12(9)14)18(16,17)15(3)11-5-4-6-11/h7-8,11H,4-6,14H2,1-3H3. The summed E-state index contributed by atoms with van der Waals surface area (Å²) in [6, 6.07) is 3.80. The van der Waals surface area contributed by atoms with E-state index in [0.29, 0.717) is 11.3 Å². The Morgan fingerprint density at radius 1 is 1.22 bits per heavy atom. The third-order valence-corrected chi connectivity index (χ3v) is 5.95. The lowest BCUT2D eigenvalue weighted by atomic mass is 9.94. The molecule has 18 heavy (non-hydrogen) atoms. The van der Waals surface area contributed by atoms with Crippen molar-refractivity contribution in [1.29, 1.82) is 0 Å². The van der Waals surface area contributed by atoms with Crippen molar-refractivity contribution in [2.75, 3.05) is 12.8 Å². The number of nitrogens with zero attached hydrogens (tertiary/aromatic N) is 1. The van der Waals surface area contributed by atoms with Crippen LogP contribution in [0.5, 0.6) is 0 Å². The highest BCUT2D eigenvalue weighted by molar-refractivity contribution is 7.89. The number of anilines is 1. The van der Waals surface area contributed by atoms with Gasteiger partial charge in [0.05, 0.1) is 5.69 Å². The highest BCUT2D eigenvalue weighted by atomic mass is 32.2. The summed E-state index contributed by atoms with van der Waals surface area (Å²) in [5.74, 6) is 0. The molecule has 0 heterocycles.